The zero-order valence-corrected chi connectivity index (χ0v) is 10.6. The van der Waals surface area contributed by atoms with E-state index < -0.39 is 0 Å². The third-order valence-corrected chi connectivity index (χ3v) is 3.07. The Morgan fingerprint density at radius 2 is 1.65 bits per heavy atom. The maximum Gasteiger partial charge on any atom is 0.364 e. The van der Waals surface area contributed by atoms with Gasteiger partial charge in [0.05, 0.1) is 0 Å². The SMILES string of the molecule is CC(C)c1ccc(-c2nc(=O)n(C)n2C)cc1. The Kier molecular flexibility index (Phi) is 2.88. The van der Waals surface area contributed by atoms with E-state index in [0.717, 1.165) is 5.56 Å². The Labute approximate surface area is 101 Å². The summed E-state index contributed by atoms with van der Waals surface area (Å²) >= 11 is 0. The summed E-state index contributed by atoms with van der Waals surface area (Å²) in [6.07, 6.45) is 0. The molecule has 0 amide bonds. The Morgan fingerprint density at radius 3 is 2.06 bits per heavy atom. The van der Waals surface area contributed by atoms with Gasteiger partial charge in [-0.25, -0.2) is 9.48 Å². The molecule has 1 aromatic carbocycles. The number of hydrogen-bond acceptors (Lipinski definition) is 2. The second-order valence-electron chi connectivity index (χ2n) is 4.54. The van der Waals surface area contributed by atoms with Gasteiger partial charge in [0.25, 0.3) is 0 Å². The first-order valence-electron chi connectivity index (χ1n) is 5.71. The summed E-state index contributed by atoms with van der Waals surface area (Å²) in [5.74, 6) is 1.21. The topological polar surface area (TPSA) is 39.8 Å². The molecule has 2 aromatic rings. The van der Waals surface area contributed by atoms with Crippen molar-refractivity contribution in [3.05, 3.63) is 40.3 Å². The summed E-state index contributed by atoms with van der Waals surface area (Å²) in [5.41, 5.74) is 2.03. The van der Waals surface area contributed by atoms with Crippen molar-refractivity contribution in [3.63, 3.8) is 0 Å². The maximum absolute atomic E-state index is 11.4. The summed E-state index contributed by atoms with van der Waals surface area (Å²) in [6, 6.07) is 8.19. The largest absolute Gasteiger partial charge is 0.364 e. The highest BCUT2D eigenvalue weighted by atomic mass is 16.2. The van der Waals surface area contributed by atoms with Crippen molar-refractivity contribution in [2.75, 3.05) is 0 Å². The summed E-state index contributed by atoms with van der Waals surface area (Å²) in [5, 5.41) is 0. The second-order valence-corrected chi connectivity index (χ2v) is 4.54. The molecule has 0 aliphatic carbocycles. The van der Waals surface area contributed by atoms with Gasteiger partial charge in [-0.1, -0.05) is 38.1 Å². The summed E-state index contributed by atoms with van der Waals surface area (Å²) < 4.78 is 3.25. The Balaban J connectivity index is 2.47. The number of rotatable bonds is 2. The van der Waals surface area contributed by atoms with Gasteiger partial charge < -0.3 is 0 Å². The smallest absolute Gasteiger partial charge is 0.267 e. The van der Waals surface area contributed by atoms with Gasteiger partial charge >= 0.3 is 5.69 Å². The molecule has 0 spiro atoms. The van der Waals surface area contributed by atoms with E-state index >= 15 is 0 Å². The van der Waals surface area contributed by atoms with E-state index in [-0.39, 0.29) is 5.69 Å². The molecule has 90 valence electrons. The minimum Gasteiger partial charge on any atom is -0.267 e. The van der Waals surface area contributed by atoms with Gasteiger partial charge in [0.1, 0.15) is 0 Å². The van der Waals surface area contributed by atoms with Crippen LogP contribution in [0, 0.1) is 0 Å². The highest BCUT2D eigenvalue weighted by molar-refractivity contribution is 5.55. The van der Waals surface area contributed by atoms with Crippen LogP contribution in [-0.2, 0) is 14.1 Å². The van der Waals surface area contributed by atoms with Crippen LogP contribution in [0.5, 0.6) is 0 Å². The molecule has 17 heavy (non-hydrogen) atoms. The van der Waals surface area contributed by atoms with Gasteiger partial charge in [-0.05, 0) is 11.5 Å². The lowest BCUT2D eigenvalue weighted by Crippen LogP contribution is -2.17. The molecule has 0 atom stereocenters. The van der Waals surface area contributed by atoms with Gasteiger partial charge in [0, 0.05) is 19.7 Å². The van der Waals surface area contributed by atoms with Crippen LogP contribution < -0.4 is 5.69 Å². The number of benzene rings is 1. The fraction of sp³-hybridized carbons (Fsp3) is 0.385. The van der Waals surface area contributed by atoms with Crippen molar-refractivity contribution in [1.29, 1.82) is 0 Å². The van der Waals surface area contributed by atoms with Crippen LogP contribution in [0.3, 0.4) is 0 Å². The lowest BCUT2D eigenvalue weighted by molar-refractivity contribution is 0.583. The molecule has 4 nitrogen and oxygen atoms in total. The molecule has 1 aromatic heterocycles. The average molecular weight is 231 g/mol. The van der Waals surface area contributed by atoms with Crippen LogP contribution in [0.1, 0.15) is 25.3 Å². The Morgan fingerprint density at radius 1 is 1.06 bits per heavy atom. The summed E-state index contributed by atoms with van der Waals surface area (Å²) in [4.78, 5) is 15.5. The molecule has 2 rings (SSSR count). The van der Waals surface area contributed by atoms with Crippen LogP contribution in [-0.4, -0.2) is 14.3 Å². The maximum atomic E-state index is 11.4. The standard InChI is InChI=1S/C13H17N3O/c1-9(2)10-5-7-11(8-6-10)12-14-13(17)16(4)15(12)3/h5-9H,1-4H3. The average Bonchev–Trinajstić information content (AvgIpc) is 2.57. The number of nitrogens with zero attached hydrogens (tertiary/aromatic N) is 3. The molecule has 0 saturated heterocycles. The fourth-order valence-corrected chi connectivity index (χ4v) is 1.77. The van der Waals surface area contributed by atoms with Crippen molar-refractivity contribution < 1.29 is 0 Å². The van der Waals surface area contributed by atoms with Crippen LogP contribution in [0.25, 0.3) is 11.4 Å². The van der Waals surface area contributed by atoms with Crippen LogP contribution in [0.4, 0.5) is 0 Å². The predicted molar refractivity (Wildman–Crippen MR) is 68.0 cm³/mol. The third kappa shape index (κ3) is 2.02. The molecule has 0 saturated carbocycles. The van der Waals surface area contributed by atoms with Crippen molar-refractivity contribution in [3.8, 4) is 11.4 Å². The molecule has 0 unspecified atom stereocenters. The fourth-order valence-electron chi connectivity index (χ4n) is 1.77. The normalized spacial score (nSPS) is 11.1. The minimum absolute atomic E-state index is 0.226. The molecule has 0 fully saturated rings. The van der Waals surface area contributed by atoms with Gasteiger partial charge in [-0.2, -0.15) is 4.98 Å². The molecule has 0 N–H and O–H groups in total. The quantitative estimate of drug-likeness (QED) is 0.792. The van der Waals surface area contributed by atoms with Crippen LogP contribution >= 0.6 is 0 Å². The molecular formula is C13H17N3O. The first-order chi connectivity index (χ1) is 8.00. The lowest BCUT2D eigenvalue weighted by Gasteiger charge is -2.07. The Hall–Kier alpha value is -1.84. The third-order valence-electron chi connectivity index (χ3n) is 3.07. The highest BCUT2D eigenvalue weighted by Gasteiger charge is 2.09. The van der Waals surface area contributed by atoms with Crippen molar-refractivity contribution in [2.45, 2.75) is 19.8 Å². The van der Waals surface area contributed by atoms with E-state index in [2.05, 4.69) is 31.0 Å². The number of aromatic nitrogens is 3. The van der Waals surface area contributed by atoms with Gasteiger partial charge in [-0.3, -0.25) is 4.68 Å². The van der Waals surface area contributed by atoms with E-state index in [0.29, 0.717) is 11.7 Å². The molecule has 0 radical (unpaired) electrons. The molecule has 4 heteroatoms. The van der Waals surface area contributed by atoms with Crippen LogP contribution in [0.15, 0.2) is 29.1 Å². The predicted octanol–water partition coefficient (Wildman–Crippen LogP) is 1.91. The second kappa shape index (κ2) is 4.20. The van der Waals surface area contributed by atoms with Gasteiger partial charge in [0.2, 0.25) is 0 Å². The molecule has 1 heterocycles. The van der Waals surface area contributed by atoms with E-state index in [1.54, 1.807) is 11.7 Å². The van der Waals surface area contributed by atoms with Crippen molar-refractivity contribution in [2.24, 2.45) is 14.1 Å². The van der Waals surface area contributed by atoms with E-state index in [4.69, 9.17) is 0 Å². The first-order valence-corrected chi connectivity index (χ1v) is 5.71. The Bertz CT molecular complexity index is 576. The van der Waals surface area contributed by atoms with Gasteiger partial charge in [0.15, 0.2) is 5.82 Å². The lowest BCUT2D eigenvalue weighted by atomic mass is 10.0. The zero-order chi connectivity index (χ0) is 12.6. The molecule has 0 aliphatic heterocycles. The zero-order valence-electron chi connectivity index (χ0n) is 10.6. The highest BCUT2D eigenvalue weighted by Crippen LogP contribution is 2.20. The monoisotopic (exact) mass is 231 g/mol. The summed E-state index contributed by atoms with van der Waals surface area (Å²) in [6.45, 7) is 4.32. The number of hydrogen-bond donors (Lipinski definition) is 0. The van der Waals surface area contributed by atoms with Crippen LogP contribution in [0.2, 0.25) is 0 Å². The van der Waals surface area contributed by atoms with Crippen molar-refractivity contribution in [1.82, 2.24) is 14.3 Å². The molecular weight excluding hydrogens is 214 g/mol. The van der Waals surface area contributed by atoms with Crippen molar-refractivity contribution >= 4 is 0 Å². The summed E-state index contributed by atoms with van der Waals surface area (Å²) in [7, 11) is 3.54. The molecule has 0 aliphatic rings. The minimum atomic E-state index is -0.226. The van der Waals surface area contributed by atoms with Gasteiger partial charge in [-0.15, -0.1) is 0 Å². The van der Waals surface area contributed by atoms with E-state index in [1.807, 2.05) is 19.2 Å². The molecule has 0 bridgehead atoms. The van der Waals surface area contributed by atoms with E-state index in [1.165, 1.54) is 10.2 Å². The first kappa shape index (κ1) is 11.6. The van der Waals surface area contributed by atoms with E-state index in [9.17, 15) is 4.79 Å².